The molecular formula is C18H23BN2O4. The molecule has 7 heteroatoms. The lowest BCUT2D eigenvalue weighted by Crippen LogP contribution is -2.69. The van der Waals surface area contributed by atoms with Gasteiger partial charge in [-0.3, -0.25) is 14.9 Å². The van der Waals surface area contributed by atoms with Gasteiger partial charge in [0.25, 0.3) is 5.91 Å². The van der Waals surface area contributed by atoms with Crippen LogP contribution in [-0.4, -0.2) is 35.7 Å². The van der Waals surface area contributed by atoms with Gasteiger partial charge in [0.2, 0.25) is 5.91 Å². The molecule has 3 aliphatic heterocycles. The molecule has 1 aliphatic carbocycles. The summed E-state index contributed by atoms with van der Waals surface area (Å²) in [6.07, 6.45) is 1.13. The molecule has 4 aliphatic rings. The second-order valence-corrected chi connectivity index (χ2v) is 8.34. The zero-order valence-electron chi connectivity index (χ0n) is 15.0. The molecule has 3 heterocycles. The minimum Gasteiger partial charge on any atom is -0.399 e. The number of fused-ring (bicyclic) bond motifs is 2. The Morgan fingerprint density at radius 1 is 1.04 bits per heavy atom. The van der Waals surface area contributed by atoms with Gasteiger partial charge in [-0.1, -0.05) is 12.1 Å². The van der Waals surface area contributed by atoms with E-state index in [1.54, 1.807) is 0 Å². The smallest absolute Gasteiger partial charge is 0.399 e. The minimum absolute atomic E-state index is 0.0470. The first kappa shape index (κ1) is 16.6. The summed E-state index contributed by atoms with van der Waals surface area (Å²) in [5, 5.41) is 5.73. The minimum atomic E-state index is -0.648. The molecule has 1 aromatic carbocycles. The van der Waals surface area contributed by atoms with Gasteiger partial charge in [0.05, 0.1) is 11.2 Å². The predicted octanol–water partition coefficient (Wildman–Crippen LogP) is 1.20. The highest BCUT2D eigenvalue weighted by Crippen LogP contribution is 2.44. The van der Waals surface area contributed by atoms with Gasteiger partial charge in [0.15, 0.2) is 0 Å². The number of hydrogen-bond donors (Lipinski definition) is 2. The summed E-state index contributed by atoms with van der Waals surface area (Å²) < 4.78 is 12.1. The molecule has 1 saturated carbocycles. The summed E-state index contributed by atoms with van der Waals surface area (Å²) in [6, 6.07) is 7.74. The lowest BCUT2D eigenvalue weighted by Gasteiger charge is -2.50. The van der Waals surface area contributed by atoms with E-state index in [4.69, 9.17) is 9.31 Å². The van der Waals surface area contributed by atoms with Crippen LogP contribution < -0.4 is 16.1 Å². The monoisotopic (exact) mass is 342 g/mol. The van der Waals surface area contributed by atoms with Crippen molar-refractivity contribution in [2.75, 3.05) is 5.32 Å². The van der Waals surface area contributed by atoms with Gasteiger partial charge in [-0.05, 0) is 58.1 Å². The maximum Gasteiger partial charge on any atom is 0.494 e. The van der Waals surface area contributed by atoms with E-state index in [9.17, 15) is 9.59 Å². The van der Waals surface area contributed by atoms with Crippen molar-refractivity contribution < 1.29 is 18.9 Å². The van der Waals surface area contributed by atoms with Crippen molar-refractivity contribution in [3.8, 4) is 0 Å². The highest BCUT2D eigenvalue weighted by atomic mass is 16.7. The molecule has 2 N–H and O–H groups in total. The van der Waals surface area contributed by atoms with Crippen LogP contribution in [0.4, 0.5) is 5.69 Å². The topological polar surface area (TPSA) is 76.7 Å². The van der Waals surface area contributed by atoms with E-state index < -0.39 is 12.7 Å². The summed E-state index contributed by atoms with van der Waals surface area (Å²) in [7, 11) is -0.402. The summed E-state index contributed by atoms with van der Waals surface area (Å²) in [4.78, 5) is 23.7. The van der Waals surface area contributed by atoms with Crippen molar-refractivity contribution in [2.45, 2.75) is 57.3 Å². The second-order valence-electron chi connectivity index (χ2n) is 8.34. The molecule has 132 valence electrons. The third-order valence-corrected chi connectivity index (χ3v) is 6.05. The Morgan fingerprint density at radius 3 is 2.12 bits per heavy atom. The van der Waals surface area contributed by atoms with Crippen LogP contribution in [0.2, 0.25) is 0 Å². The van der Waals surface area contributed by atoms with Crippen molar-refractivity contribution >= 4 is 30.1 Å². The SMILES string of the molecule is CC1(C)OB(c2ccc(NC34CC(C3)C(=O)NC4=O)cc2)OC1(C)C. The first-order valence-electron chi connectivity index (χ1n) is 8.71. The van der Waals surface area contributed by atoms with Gasteiger partial charge in [-0.2, -0.15) is 0 Å². The molecule has 0 unspecified atom stereocenters. The molecule has 1 aromatic rings. The fourth-order valence-corrected chi connectivity index (χ4v) is 3.62. The van der Waals surface area contributed by atoms with Crippen molar-refractivity contribution in [1.29, 1.82) is 0 Å². The Bertz CT molecular complexity index is 722. The van der Waals surface area contributed by atoms with Crippen LogP contribution in [0, 0.1) is 5.92 Å². The number of anilines is 1. The number of imide groups is 1. The van der Waals surface area contributed by atoms with E-state index in [-0.39, 0.29) is 28.9 Å². The average Bonchev–Trinajstić information content (AvgIpc) is 2.70. The number of rotatable bonds is 3. The third kappa shape index (κ3) is 2.48. The lowest BCUT2D eigenvalue weighted by molar-refractivity contribution is -0.148. The molecule has 0 radical (unpaired) electrons. The Balaban J connectivity index is 1.47. The molecule has 0 atom stereocenters. The summed E-state index contributed by atoms with van der Waals surface area (Å²) >= 11 is 0. The largest absolute Gasteiger partial charge is 0.494 e. The van der Waals surface area contributed by atoms with E-state index in [2.05, 4.69) is 10.6 Å². The van der Waals surface area contributed by atoms with E-state index >= 15 is 0 Å². The first-order chi connectivity index (χ1) is 11.6. The number of piperidine rings is 2. The number of carbonyl (C=O) groups excluding carboxylic acids is 2. The van der Waals surface area contributed by atoms with Crippen LogP contribution in [-0.2, 0) is 18.9 Å². The van der Waals surface area contributed by atoms with Crippen LogP contribution in [0.3, 0.4) is 0 Å². The normalized spacial score (nSPS) is 32.2. The molecule has 2 amide bonds. The number of carbonyl (C=O) groups is 2. The molecule has 0 spiro atoms. The van der Waals surface area contributed by atoms with Crippen LogP contribution in [0.5, 0.6) is 0 Å². The zero-order valence-corrected chi connectivity index (χ0v) is 15.0. The fraction of sp³-hybridized carbons (Fsp3) is 0.556. The summed E-state index contributed by atoms with van der Waals surface area (Å²) in [5.74, 6) is -0.422. The van der Waals surface area contributed by atoms with Crippen molar-refractivity contribution in [3.05, 3.63) is 24.3 Å². The molecule has 25 heavy (non-hydrogen) atoms. The lowest BCUT2D eigenvalue weighted by atomic mass is 9.64. The maximum absolute atomic E-state index is 12.2. The van der Waals surface area contributed by atoms with Crippen LogP contribution in [0.15, 0.2) is 24.3 Å². The zero-order chi connectivity index (χ0) is 18.0. The van der Waals surface area contributed by atoms with Gasteiger partial charge in [0.1, 0.15) is 5.54 Å². The molecule has 4 fully saturated rings. The first-order valence-corrected chi connectivity index (χ1v) is 8.71. The maximum atomic E-state index is 12.2. The quantitative estimate of drug-likeness (QED) is 0.638. The highest BCUT2D eigenvalue weighted by molar-refractivity contribution is 6.62. The Morgan fingerprint density at radius 2 is 1.60 bits per heavy atom. The van der Waals surface area contributed by atoms with Crippen LogP contribution >= 0.6 is 0 Å². The number of benzene rings is 1. The Hall–Kier alpha value is -1.86. The summed E-state index contributed by atoms with van der Waals surface area (Å²) in [5.41, 5.74) is 0.395. The number of hydrogen-bond acceptors (Lipinski definition) is 5. The molecule has 5 rings (SSSR count). The van der Waals surface area contributed by atoms with Gasteiger partial charge >= 0.3 is 7.12 Å². The highest BCUT2D eigenvalue weighted by Gasteiger charge is 2.57. The molecule has 2 bridgehead atoms. The molecule has 3 saturated heterocycles. The standard InChI is InChI=1S/C18H23BN2O4/c1-16(2)17(3,4)25-19(24-16)12-5-7-13(8-6-12)21-18-9-11(10-18)14(22)20-15(18)23/h5-8,11,21H,9-10H2,1-4H3,(H,20,22,23). The van der Waals surface area contributed by atoms with Gasteiger partial charge in [-0.25, -0.2) is 0 Å². The van der Waals surface area contributed by atoms with E-state index in [1.165, 1.54) is 0 Å². The Kier molecular flexibility index (Phi) is 3.37. The van der Waals surface area contributed by atoms with Gasteiger partial charge < -0.3 is 14.6 Å². The molecule has 0 aromatic heterocycles. The number of amides is 2. The van der Waals surface area contributed by atoms with Crippen molar-refractivity contribution in [2.24, 2.45) is 5.92 Å². The van der Waals surface area contributed by atoms with E-state index in [0.29, 0.717) is 12.8 Å². The fourth-order valence-electron chi connectivity index (χ4n) is 3.62. The van der Waals surface area contributed by atoms with Crippen LogP contribution in [0.1, 0.15) is 40.5 Å². The number of nitrogens with one attached hydrogen (secondary N) is 2. The molecule has 6 nitrogen and oxygen atoms in total. The molecular weight excluding hydrogens is 319 g/mol. The van der Waals surface area contributed by atoms with Crippen molar-refractivity contribution in [3.63, 3.8) is 0 Å². The summed E-state index contributed by atoms with van der Waals surface area (Å²) in [6.45, 7) is 8.10. The van der Waals surface area contributed by atoms with Crippen molar-refractivity contribution in [1.82, 2.24) is 5.32 Å². The van der Waals surface area contributed by atoms with E-state index in [1.807, 2.05) is 52.0 Å². The van der Waals surface area contributed by atoms with Crippen LogP contribution in [0.25, 0.3) is 0 Å². The van der Waals surface area contributed by atoms with E-state index in [0.717, 1.165) is 11.2 Å². The second kappa shape index (κ2) is 5.08. The van der Waals surface area contributed by atoms with Gasteiger partial charge in [-0.15, -0.1) is 0 Å². The average molecular weight is 342 g/mol. The third-order valence-electron chi connectivity index (χ3n) is 6.05. The van der Waals surface area contributed by atoms with Gasteiger partial charge in [0, 0.05) is 11.6 Å². The predicted molar refractivity (Wildman–Crippen MR) is 94.4 cm³/mol. The Labute approximate surface area is 147 Å².